The van der Waals surface area contributed by atoms with E-state index >= 15 is 0 Å². The van der Waals surface area contributed by atoms with Crippen molar-refractivity contribution in [1.82, 2.24) is 10.2 Å². The lowest BCUT2D eigenvalue weighted by atomic mass is 10.1. The molecule has 1 aromatic rings. The molecule has 0 heterocycles. The molecule has 0 fully saturated rings. The zero-order valence-corrected chi connectivity index (χ0v) is 15.5. The van der Waals surface area contributed by atoms with Crippen LogP contribution in [0, 0.1) is 5.92 Å². The second-order valence-corrected chi connectivity index (χ2v) is 6.29. The molecular formula is C19H30N2O3. The maximum Gasteiger partial charge on any atom is 0.242 e. The Morgan fingerprint density at radius 3 is 2.25 bits per heavy atom. The third kappa shape index (κ3) is 5.87. The molecule has 1 rings (SSSR count). The minimum absolute atomic E-state index is 0.0163. The maximum absolute atomic E-state index is 12.5. The summed E-state index contributed by atoms with van der Waals surface area (Å²) in [5, 5.41) is 2.94. The van der Waals surface area contributed by atoms with Gasteiger partial charge in [-0.1, -0.05) is 39.8 Å². The summed E-state index contributed by atoms with van der Waals surface area (Å²) in [6.45, 7) is 8.89. The number of rotatable bonds is 9. The number of carbonyl (C=O) groups is 2. The molecule has 5 nitrogen and oxygen atoms in total. The minimum Gasteiger partial charge on any atom is -0.497 e. The van der Waals surface area contributed by atoms with Crippen LogP contribution in [0.5, 0.6) is 5.75 Å². The first-order valence-electron chi connectivity index (χ1n) is 8.62. The predicted octanol–water partition coefficient (Wildman–Crippen LogP) is 2.98. The van der Waals surface area contributed by atoms with E-state index in [0.29, 0.717) is 31.8 Å². The lowest BCUT2D eigenvalue weighted by Crippen LogP contribution is -2.49. The Hall–Kier alpha value is -2.04. The molecule has 1 aromatic carbocycles. The van der Waals surface area contributed by atoms with E-state index in [1.807, 2.05) is 52.0 Å². The molecule has 24 heavy (non-hydrogen) atoms. The summed E-state index contributed by atoms with van der Waals surface area (Å²) < 4.78 is 5.16. The number of hydrogen-bond donors (Lipinski definition) is 1. The van der Waals surface area contributed by atoms with E-state index in [0.717, 1.165) is 11.3 Å². The zero-order valence-electron chi connectivity index (χ0n) is 15.5. The highest BCUT2D eigenvalue weighted by molar-refractivity contribution is 5.87. The van der Waals surface area contributed by atoms with Gasteiger partial charge in [-0.05, 0) is 30.0 Å². The summed E-state index contributed by atoms with van der Waals surface area (Å²) >= 11 is 0. The number of nitrogens with zero attached hydrogens (tertiary/aromatic N) is 1. The van der Waals surface area contributed by atoms with Crippen molar-refractivity contribution in [3.8, 4) is 5.75 Å². The number of hydrogen-bond acceptors (Lipinski definition) is 3. The van der Waals surface area contributed by atoms with Gasteiger partial charge in [-0.2, -0.15) is 0 Å². The summed E-state index contributed by atoms with van der Waals surface area (Å²) in [4.78, 5) is 26.6. The van der Waals surface area contributed by atoms with Gasteiger partial charge >= 0.3 is 0 Å². The molecule has 5 heteroatoms. The van der Waals surface area contributed by atoms with Crippen molar-refractivity contribution in [2.45, 2.75) is 53.1 Å². The summed E-state index contributed by atoms with van der Waals surface area (Å²) in [7, 11) is 1.62. The fourth-order valence-electron chi connectivity index (χ4n) is 2.47. The number of ether oxygens (including phenoxy) is 1. The molecule has 0 saturated carbocycles. The number of benzene rings is 1. The number of amides is 2. The average Bonchev–Trinajstić information content (AvgIpc) is 2.59. The monoisotopic (exact) mass is 334 g/mol. The van der Waals surface area contributed by atoms with Crippen molar-refractivity contribution in [3.63, 3.8) is 0 Å². The molecule has 2 amide bonds. The van der Waals surface area contributed by atoms with Crippen molar-refractivity contribution in [1.29, 1.82) is 0 Å². The molecule has 0 aromatic heterocycles. The van der Waals surface area contributed by atoms with Gasteiger partial charge in [0.1, 0.15) is 11.8 Å². The fraction of sp³-hybridized carbons (Fsp3) is 0.579. The normalized spacial score (nSPS) is 11.9. The van der Waals surface area contributed by atoms with Crippen molar-refractivity contribution in [2.75, 3.05) is 13.7 Å². The third-order valence-electron chi connectivity index (χ3n) is 3.88. The first-order valence-corrected chi connectivity index (χ1v) is 8.62. The van der Waals surface area contributed by atoms with Crippen molar-refractivity contribution < 1.29 is 14.3 Å². The maximum atomic E-state index is 12.5. The Morgan fingerprint density at radius 2 is 1.79 bits per heavy atom. The van der Waals surface area contributed by atoms with E-state index in [4.69, 9.17) is 4.74 Å². The number of nitrogens with one attached hydrogen (secondary N) is 1. The zero-order chi connectivity index (χ0) is 18.1. The minimum atomic E-state index is -0.446. The molecular weight excluding hydrogens is 304 g/mol. The topological polar surface area (TPSA) is 58.6 Å². The molecule has 0 radical (unpaired) electrons. The van der Waals surface area contributed by atoms with Crippen LogP contribution in [-0.4, -0.2) is 36.4 Å². The SMILES string of the molecule is CCC(=O)N(Cc1ccc(OC)cc1)C(CC)C(=O)NCC(C)C. The summed E-state index contributed by atoms with van der Waals surface area (Å²) in [6, 6.07) is 7.13. The lowest BCUT2D eigenvalue weighted by molar-refractivity contribution is -0.141. The van der Waals surface area contributed by atoms with E-state index in [1.165, 1.54) is 0 Å². The predicted molar refractivity (Wildman–Crippen MR) is 95.8 cm³/mol. The Balaban J connectivity index is 2.91. The molecule has 134 valence electrons. The second-order valence-electron chi connectivity index (χ2n) is 6.29. The van der Waals surface area contributed by atoms with Crippen molar-refractivity contribution >= 4 is 11.8 Å². The van der Waals surface area contributed by atoms with Crippen LogP contribution in [0.25, 0.3) is 0 Å². The number of carbonyl (C=O) groups excluding carboxylic acids is 2. The molecule has 0 saturated heterocycles. The van der Waals surface area contributed by atoms with Gasteiger partial charge in [0.2, 0.25) is 11.8 Å². The van der Waals surface area contributed by atoms with Crippen molar-refractivity contribution in [2.24, 2.45) is 5.92 Å². The van der Waals surface area contributed by atoms with Crippen LogP contribution in [0.2, 0.25) is 0 Å². The van der Waals surface area contributed by atoms with Crippen LogP contribution in [0.1, 0.15) is 46.1 Å². The highest BCUT2D eigenvalue weighted by Crippen LogP contribution is 2.16. The molecule has 0 aliphatic carbocycles. The second kappa shape index (κ2) is 9.96. The average molecular weight is 334 g/mol. The van der Waals surface area contributed by atoms with E-state index in [-0.39, 0.29) is 11.8 Å². The highest BCUT2D eigenvalue weighted by Gasteiger charge is 2.27. The molecule has 0 spiro atoms. The van der Waals surface area contributed by atoms with Crippen LogP contribution < -0.4 is 10.1 Å². The van der Waals surface area contributed by atoms with E-state index in [1.54, 1.807) is 12.0 Å². The smallest absolute Gasteiger partial charge is 0.242 e. The Morgan fingerprint density at radius 1 is 1.17 bits per heavy atom. The van der Waals surface area contributed by atoms with Crippen LogP contribution in [0.4, 0.5) is 0 Å². The summed E-state index contributed by atoms with van der Waals surface area (Å²) in [5.41, 5.74) is 0.979. The lowest BCUT2D eigenvalue weighted by Gasteiger charge is -2.30. The molecule has 0 bridgehead atoms. The third-order valence-corrected chi connectivity index (χ3v) is 3.88. The van der Waals surface area contributed by atoms with Crippen LogP contribution >= 0.6 is 0 Å². The quantitative estimate of drug-likeness (QED) is 0.755. The van der Waals surface area contributed by atoms with Gasteiger partial charge in [0, 0.05) is 19.5 Å². The molecule has 1 unspecified atom stereocenters. The van der Waals surface area contributed by atoms with Gasteiger partial charge in [0.25, 0.3) is 0 Å². The largest absolute Gasteiger partial charge is 0.497 e. The summed E-state index contributed by atoms with van der Waals surface area (Å²) in [5.74, 6) is 1.05. The Bertz CT molecular complexity index is 526. The molecule has 0 aliphatic heterocycles. The van der Waals surface area contributed by atoms with Gasteiger partial charge in [-0.25, -0.2) is 0 Å². The van der Waals surface area contributed by atoms with Crippen LogP contribution in [0.15, 0.2) is 24.3 Å². The Kier molecular flexibility index (Phi) is 8.30. The van der Waals surface area contributed by atoms with Gasteiger partial charge in [-0.15, -0.1) is 0 Å². The van der Waals surface area contributed by atoms with Crippen molar-refractivity contribution in [3.05, 3.63) is 29.8 Å². The van der Waals surface area contributed by atoms with Crippen LogP contribution in [-0.2, 0) is 16.1 Å². The van der Waals surface area contributed by atoms with E-state index in [9.17, 15) is 9.59 Å². The van der Waals surface area contributed by atoms with E-state index in [2.05, 4.69) is 5.32 Å². The summed E-state index contributed by atoms with van der Waals surface area (Å²) in [6.07, 6.45) is 0.968. The molecule has 1 atom stereocenters. The number of methoxy groups -OCH3 is 1. The van der Waals surface area contributed by atoms with E-state index < -0.39 is 6.04 Å². The van der Waals surface area contributed by atoms with Gasteiger partial charge in [0.15, 0.2) is 0 Å². The Labute approximate surface area is 145 Å². The fourth-order valence-corrected chi connectivity index (χ4v) is 2.47. The van der Waals surface area contributed by atoms with Crippen LogP contribution in [0.3, 0.4) is 0 Å². The van der Waals surface area contributed by atoms with Gasteiger partial charge < -0.3 is 15.0 Å². The highest BCUT2D eigenvalue weighted by atomic mass is 16.5. The molecule has 0 aliphatic rings. The standard InChI is InChI=1S/C19H30N2O3/c1-6-17(19(23)20-12-14(3)4)21(18(22)7-2)13-15-8-10-16(24-5)11-9-15/h8-11,14,17H,6-7,12-13H2,1-5H3,(H,20,23). The van der Waals surface area contributed by atoms with Gasteiger partial charge in [-0.3, -0.25) is 9.59 Å². The first kappa shape index (κ1) is 20.0. The first-order chi connectivity index (χ1) is 11.4. The van der Waals surface area contributed by atoms with Gasteiger partial charge in [0.05, 0.1) is 7.11 Å². The molecule has 1 N–H and O–H groups in total.